The number of esters is 1. The molecule has 20 heavy (non-hydrogen) atoms. The predicted octanol–water partition coefficient (Wildman–Crippen LogP) is 4.11. The summed E-state index contributed by atoms with van der Waals surface area (Å²) in [4.78, 5) is 16.3. The summed E-state index contributed by atoms with van der Waals surface area (Å²) in [5, 5.41) is 1.57. The molecule has 0 N–H and O–H groups in total. The van der Waals surface area contributed by atoms with E-state index in [0.29, 0.717) is 10.8 Å². The van der Waals surface area contributed by atoms with E-state index >= 15 is 0 Å². The zero-order chi connectivity index (χ0) is 13.9. The van der Waals surface area contributed by atoms with E-state index in [-0.39, 0.29) is 5.69 Å². The lowest BCUT2D eigenvalue weighted by molar-refractivity contribution is 0.0729. The second kappa shape index (κ2) is 5.31. The molecule has 3 nitrogen and oxygen atoms in total. The molecule has 0 radical (unpaired) electrons. The number of carbonyl (C=O) groups is 1. The summed E-state index contributed by atoms with van der Waals surface area (Å²) in [5.74, 6) is -0.0487. The van der Waals surface area contributed by atoms with Crippen LogP contribution in [0.1, 0.15) is 10.5 Å². The average Bonchev–Trinajstić information content (AvgIpc) is 2.49. The summed E-state index contributed by atoms with van der Waals surface area (Å²) in [6, 6.07) is 17.7. The Labute approximate surface area is 120 Å². The fraction of sp³-hybridized carbons (Fsp3) is 0. The van der Waals surface area contributed by atoms with Crippen LogP contribution < -0.4 is 4.74 Å². The first-order chi connectivity index (χ1) is 9.72. The predicted molar refractivity (Wildman–Crippen MR) is 78.2 cm³/mol. The molecule has 4 heteroatoms. The number of hydrogen-bond donors (Lipinski definition) is 0. The van der Waals surface area contributed by atoms with Gasteiger partial charge in [0.25, 0.3) is 0 Å². The molecule has 0 saturated carbocycles. The minimum Gasteiger partial charge on any atom is -0.422 e. The third kappa shape index (κ3) is 2.63. The number of nitrogens with zero attached hydrogens (tertiary/aromatic N) is 1. The van der Waals surface area contributed by atoms with Crippen LogP contribution in [0.3, 0.4) is 0 Å². The lowest BCUT2D eigenvalue weighted by Gasteiger charge is -2.04. The summed E-state index contributed by atoms with van der Waals surface area (Å²) < 4.78 is 5.24. The van der Waals surface area contributed by atoms with Crippen LogP contribution in [0.4, 0.5) is 0 Å². The van der Waals surface area contributed by atoms with Gasteiger partial charge in [-0.25, -0.2) is 9.78 Å². The normalized spacial score (nSPS) is 10.4. The molecule has 0 aliphatic rings. The van der Waals surface area contributed by atoms with Gasteiger partial charge in [-0.1, -0.05) is 35.9 Å². The number of hydrogen-bond acceptors (Lipinski definition) is 3. The van der Waals surface area contributed by atoms with Crippen molar-refractivity contribution in [2.75, 3.05) is 0 Å². The van der Waals surface area contributed by atoms with Gasteiger partial charge in [0.2, 0.25) is 0 Å². The number of carbonyl (C=O) groups excluding carboxylic acids is 1. The van der Waals surface area contributed by atoms with E-state index in [1.165, 1.54) is 0 Å². The number of ether oxygens (including phenoxy) is 1. The Morgan fingerprint density at radius 1 is 0.950 bits per heavy atom. The van der Waals surface area contributed by atoms with Gasteiger partial charge in [0, 0.05) is 10.4 Å². The monoisotopic (exact) mass is 283 g/mol. The van der Waals surface area contributed by atoms with E-state index in [1.54, 1.807) is 30.3 Å². The summed E-state index contributed by atoms with van der Waals surface area (Å²) in [6.07, 6.45) is 0. The maximum absolute atomic E-state index is 12.0. The third-order valence-corrected chi connectivity index (χ3v) is 3.08. The highest BCUT2D eigenvalue weighted by Gasteiger charge is 2.10. The molecule has 1 aromatic heterocycles. The summed E-state index contributed by atoms with van der Waals surface area (Å²) >= 11 is 5.78. The van der Waals surface area contributed by atoms with E-state index in [9.17, 15) is 4.79 Å². The van der Waals surface area contributed by atoms with E-state index in [1.807, 2.05) is 30.3 Å². The van der Waals surface area contributed by atoms with Crippen LogP contribution in [-0.2, 0) is 0 Å². The van der Waals surface area contributed by atoms with Gasteiger partial charge in [-0.05, 0) is 36.4 Å². The van der Waals surface area contributed by atoms with E-state index in [2.05, 4.69) is 4.98 Å². The molecule has 0 aliphatic heterocycles. The van der Waals surface area contributed by atoms with Crippen LogP contribution in [0.2, 0.25) is 5.02 Å². The molecule has 0 amide bonds. The second-order valence-electron chi connectivity index (χ2n) is 4.23. The fourth-order valence-electron chi connectivity index (χ4n) is 1.84. The van der Waals surface area contributed by atoms with E-state index in [0.717, 1.165) is 10.9 Å². The van der Waals surface area contributed by atoms with Crippen LogP contribution in [-0.4, -0.2) is 11.0 Å². The summed E-state index contributed by atoms with van der Waals surface area (Å²) in [7, 11) is 0. The Morgan fingerprint density at radius 2 is 1.70 bits per heavy atom. The third-order valence-electron chi connectivity index (χ3n) is 2.83. The standard InChI is InChI=1S/C16H10ClNO2/c17-12-6-8-13(9-7-12)20-16(19)15-10-5-11-3-1-2-4-14(11)18-15/h1-10H. The number of aromatic nitrogens is 1. The number of rotatable bonds is 2. The van der Waals surface area contributed by atoms with Gasteiger partial charge in [-0.2, -0.15) is 0 Å². The molecule has 0 atom stereocenters. The molecule has 3 aromatic rings. The molecule has 0 spiro atoms. The topological polar surface area (TPSA) is 39.2 Å². The molecule has 0 aliphatic carbocycles. The SMILES string of the molecule is O=C(Oc1ccc(Cl)cc1)c1ccc2ccccc2n1. The first-order valence-electron chi connectivity index (χ1n) is 6.06. The van der Waals surface area contributed by atoms with Crippen molar-refractivity contribution in [3.8, 4) is 5.75 Å². The number of halogens is 1. The maximum atomic E-state index is 12.0. The van der Waals surface area contributed by atoms with Crippen molar-refractivity contribution in [3.63, 3.8) is 0 Å². The van der Waals surface area contributed by atoms with Gasteiger partial charge in [-0.3, -0.25) is 0 Å². The first-order valence-corrected chi connectivity index (χ1v) is 6.44. The average molecular weight is 284 g/mol. The fourth-order valence-corrected chi connectivity index (χ4v) is 1.97. The minimum atomic E-state index is -0.488. The van der Waals surface area contributed by atoms with Crippen LogP contribution in [0, 0.1) is 0 Å². The zero-order valence-corrected chi connectivity index (χ0v) is 11.2. The Kier molecular flexibility index (Phi) is 3.35. The molecular weight excluding hydrogens is 274 g/mol. The Hall–Kier alpha value is -2.39. The number of pyridine rings is 1. The minimum absolute atomic E-state index is 0.277. The van der Waals surface area contributed by atoms with Crippen LogP contribution >= 0.6 is 11.6 Å². The smallest absolute Gasteiger partial charge is 0.362 e. The van der Waals surface area contributed by atoms with Crippen molar-refractivity contribution >= 4 is 28.5 Å². The van der Waals surface area contributed by atoms with E-state index < -0.39 is 5.97 Å². The Morgan fingerprint density at radius 3 is 2.50 bits per heavy atom. The molecule has 0 fully saturated rings. The zero-order valence-electron chi connectivity index (χ0n) is 10.4. The van der Waals surface area contributed by atoms with Crippen LogP contribution in [0.5, 0.6) is 5.75 Å². The lowest BCUT2D eigenvalue weighted by atomic mass is 10.2. The van der Waals surface area contributed by atoms with Crippen LogP contribution in [0.15, 0.2) is 60.7 Å². The van der Waals surface area contributed by atoms with Gasteiger partial charge in [-0.15, -0.1) is 0 Å². The highest BCUT2D eigenvalue weighted by molar-refractivity contribution is 6.30. The van der Waals surface area contributed by atoms with Crippen molar-refractivity contribution in [1.82, 2.24) is 4.98 Å². The second-order valence-corrected chi connectivity index (χ2v) is 4.67. The molecule has 3 rings (SSSR count). The quantitative estimate of drug-likeness (QED) is 0.525. The molecular formula is C16H10ClNO2. The Bertz CT molecular complexity index is 769. The van der Waals surface area contributed by atoms with Crippen LogP contribution in [0.25, 0.3) is 10.9 Å². The van der Waals surface area contributed by atoms with Gasteiger partial charge < -0.3 is 4.74 Å². The molecule has 0 saturated heterocycles. The number of benzene rings is 2. The maximum Gasteiger partial charge on any atom is 0.362 e. The summed E-state index contributed by atoms with van der Waals surface area (Å²) in [6.45, 7) is 0. The van der Waals surface area contributed by atoms with Gasteiger partial charge in [0.05, 0.1) is 5.52 Å². The lowest BCUT2D eigenvalue weighted by Crippen LogP contribution is -2.10. The number of fused-ring (bicyclic) bond motifs is 1. The molecule has 98 valence electrons. The van der Waals surface area contributed by atoms with Crippen molar-refractivity contribution in [2.24, 2.45) is 0 Å². The highest BCUT2D eigenvalue weighted by atomic mass is 35.5. The highest BCUT2D eigenvalue weighted by Crippen LogP contribution is 2.17. The largest absolute Gasteiger partial charge is 0.422 e. The van der Waals surface area contributed by atoms with Gasteiger partial charge in [0.1, 0.15) is 11.4 Å². The van der Waals surface area contributed by atoms with Crippen molar-refractivity contribution < 1.29 is 9.53 Å². The van der Waals surface area contributed by atoms with Crippen molar-refractivity contribution in [3.05, 3.63) is 71.4 Å². The van der Waals surface area contributed by atoms with Gasteiger partial charge in [0.15, 0.2) is 0 Å². The molecule has 1 heterocycles. The number of para-hydroxylation sites is 1. The molecule has 0 bridgehead atoms. The molecule has 0 unspecified atom stereocenters. The Balaban J connectivity index is 1.86. The first kappa shape index (κ1) is 12.6. The van der Waals surface area contributed by atoms with E-state index in [4.69, 9.17) is 16.3 Å². The van der Waals surface area contributed by atoms with Gasteiger partial charge >= 0.3 is 5.97 Å². The van der Waals surface area contributed by atoms with Crippen molar-refractivity contribution in [1.29, 1.82) is 0 Å². The van der Waals surface area contributed by atoms with Crippen molar-refractivity contribution in [2.45, 2.75) is 0 Å². The summed E-state index contributed by atoms with van der Waals surface area (Å²) in [5.41, 5.74) is 1.04. The molecule has 2 aromatic carbocycles.